The van der Waals surface area contributed by atoms with E-state index in [9.17, 15) is 21.4 Å². The number of hydrogen-bond donors (Lipinski definition) is 0. The van der Waals surface area contributed by atoms with E-state index in [1.807, 2.05) is 50.2 Å². The number of unbranched alkanes of at least 4 members (excludes halogenated alkanes) is 2. The molecular weight excluding hydrogens is 623 g/mol. The molecule has 46 heavy (non-hydrogen) atoms. The van der Waals surface area contributed by atoms with Crippen LogP contribution in [0.4, 0.5) is 5.69 Å². The maximum atomic E-state index is 13.8. The summed E-state index contributed by atoms with van der Waals surface area (Å²) in [4.78, 5) is 1.40. The highest BCUT2D eigenvalue weighted by Crippen LogP contribution is 2.43. The summed E-state index contributed by atoms with van der Waals surface area (Å²) in [5.74, 6) is 0.528. The average molecular weight is 670 g/mol. The Hall–Kier alpha value is -3.25. The Kier molecular flexibility index (Phi) is 11.7. The molecule has 0 atom stereocenters. The van der Waals surface area contributed by atoms with Crippen LogP contribution in [0.1, 0.15) is 67.2 Å². The molecule has 2 aromatic rings. The molecule has 0 radical (unpaired) electrons. The average Bonchev–Trinajstić information content (AvgIpc) is 3.04. The molecule has 0 N–H and O–H groups in total. The first-order chi connectivity index (χ1) is 21.9. The number of rotatable bonds is 15. The van der Waals surface area contributed by atoms with E-state index in [1.165, 1.54) is 16.4 Å². The van der Waals surface area contributed by atoms with Crippen molar-refractivity contribution in [3.8, 4) is 22.5 Å². The minimum atomic E-state index is -5.10. The molecule has 0 spiro atoms. The van der Waals surface area contributed by atoms with Crippen molar-refractivity contribution in [2.45, 2.75) is 77.0 Å². The molecule has 0 saturated heterocycles. The van der Waals surface area contributed by atoms with Gasteiger partial charge in [-0.15, -0.1) is 0 Å². The quantitative estimate of drug-likeness (QED) is 0.0823. The zero-order chi connectivity index (χ0) is 33.6. The van der Waals surface area contributed by atoms with Crippen LogP contribution in [0.25, 0.3) is 33.4 Å². The van der Waals surface area contributed by atoms with Crippen molar-refractivity contribution in [1.82, 2.24) is 8.88 Å². The van der Waals surface area contributed by atoms with Crippen molar-refractivity contribution in [1.29, 1.82) is 0 Å². The van der Waals surface area contributed by atoms with Gasteiger partial charge in [0.25, 0.3) is 0 Å². The molecule has 0 fully saturated rings. The second-order valence-corrected chi connectivity index (χ2v) is 14.7. The minimum Gasteiger partial charge on any atom is -0.744 e. The first-order valence-corrected chi connectivity index (χ1v) is 19.2. The fourth-order valence-electron chi connectivity index (χ4n) is 5.98. The smallest absolute Gasteiger partial charge is 0.243 e. The van der Waals surface area contributed by atoms with Crippen molar-refractivity contribution in [2.24, 2.45) is 0 Å². The highest BCUT2D eigenvalue weighted by atomic mass is 32.2. The fourth-order valence-corrected chi connectivity index (χ4v) is 8.30. The van der Waals surface area contributed by atoms with Crippen LogP contribution in [0.15, 0.2) is 68.8 Å². The van der Waals surface area contributed by atoms with Gasteiger partial charge in [0.2, 0.25) is 15.4 Å². The van der Waals surface area contributed by atoms with Gasteiger partial charge >= 0.3 is 0 Å². The first kappa shape index (κ1) is 35.6. The molecule has 1 heterocycles. The molecular formula is C35H47N3O6S2. The number of benzene rings is 3. The Bertz CT molecular complexity index is 1920. The van der Waals surface area contributed by atoms with Crippen LogP contribution in [0.3, 0.4) is 0 Å². The summed E-state index contributed by atoms with van der Waals surface area (Å²) in [6, 6.07) is 15.4. The SMILES string of the molecule is CCCCN(CCCC)S(=O)(=O)c1ccc(-c2c3ccc(=[N+](CC)CC)cc-3oc3cc(N(CC)CC)ccc23)c(S(=O)(=O)[O-])c1. The van der Waals surface area contributed by atoms with Crippen molar-refractivity contribution in [2.75, 3.05) is 44.2 Å². The van der Waals surface area contributed by atoms with Gasteiger partial charge in [-0.1, -0.05) is 32.8 Å². The van der Waals surface area contributed by atoms with Gasteiger partial charge in [-0.25, -0.2) is 21.4 Å². The second kappa shape index (κ2) is 15.1. The standard InChI is InChI=1S/C35H47N3O6S2/c1-7-13-21-38(22-14-8-2)45(39,40)28-17-20-31(34(25-28)46(41,42)43)35-29-18-15-26(36(9-3)10-4)23-32(29)44-33-24-27(16-19-30(33)35)37(11-5)12-6/h15-20,23-25H,7-14,21-22H2,1-6H3. The van der Waals surface area contributed by atoms with Gasteiger partial charge in [-0.3, -0.25) is 0 Å². The summed E-state index contributed by atoms with van der Waals surface area (Å²) in [5.41, 5.74) is 2.73. The molecule has 1 aliphatic heterocycles. The molecule has 0 unspecified atom stereocenters. The molecule has 4 rings (SSSR count). The van der Waals surface area contributed by atoms with E-state index in [2.05, 4.69) is 37.2 Å². The van der Waals surface area contributed by atoms with Gasteiger partial charge in [-0.05, 0) is 70.9 Å². The van der Waals surface area contributed by atoms with Crippen LogP contribution in [0.5, 0.6) is 0 Å². The summed E-state index contributed by atoms with van der Waals surface area (Å²) in [6.45, 7) is 16.0. The van der Waals surface area contributed by atoms with E-state index in [4.69, 9.17) is 4.42 Å². The number of fused-ring (bicyclic) bond motifs is 2. The van der Waals surface area contributed by atoms with Gasteiger partial charge in [0, 0.05) is 66.1 Å². The highest BCUT2D eigenvalue weighted by Gasteiger charge is 2.28. The zero-order valence-corrected chi connectivity index (χ0v) is 29.5. The summed E-state index contributed by atoms with van der Waals surface area (Å²) in [5, 5.41) is 1.57. The maximum Gasteiger partial charge on any atom is 0.243 e. The molecule has 2 aliphatic rings. The largest absolute Gasteiger partial charge is 0.744 e. The predicted molar refractivity (Wildman–Crippen MR) is 185 cm³/mol. The molecule has 9 nitrogen and oxygen atoms in total. The molecule has 0 aromatic heterocycles. The maximum absolute atomic E-state index is 13.8. The van der Waals surface area contributed by atoms with E-state index in [1.54, 1.807) is 0 Å². The Labute approximate surface area is 274 Å². The van der Waals surface area contributed by atoms with Crippen LogP contribution in [0.2, 0.25) is 0 Å². The highest BCUT2D eigenvalue weighted by molar-refractivity contribution is 7.89. The third-order valence-corrected chi connectivity index (χ3v) is 11.4. The Morgan fingerprint density at radius 2 is 1.39 bits per heavy atom. The summed E-state index contributed by atoms with van der Waals surface area (Å²) in [6.07, 6.45) is 2.96. The normalized spacial score (nSPS) is 12.3. The third-order valence-electron chi connectivity index (χ3n) is 8.60. The molecule has 0 amide bonds. The summed E-state index contributed by atoms with van der Waals surface area (Å²) >= 11 is 0. The minimum absolute atomic E-state index is 0.139. The van der Waals surface area contributed by atoms with Crippen LogP contribution < -0.4 is 14.8 Å². The van der Waals surface area contributed by atoms with Crippen molar-refractivity contribution >= 4 is 36.8 Å². The molecule has 1 aliphatic carbocycles. The van der Waals surface area contributed by atoms with Crippen molar-refractivity contribution in [3.63, 3.8) is 0 Å². The number of sulfonamides is 1. The third kappa shape index (κ3) is 7.33. The monoisotopic (exact) mass is 669 g/mol. The van der Waals surface area contributed by atoms with E-state index in [-0.39, 0.29) is 10.5 Å². The van der Waals surface area contributed by atoms with E-state index in [0.717, 1.165) is 56.1 Å². The van der Waals surface area contributed by atoms with Crippen molar-refractivity contribution < 1.29 is 25.8 Å². The van der Waals surface area contributed by atoms with E-state index in [0.29, 0.717) is 53.8 Å². The zero-order valence-electron chi connectivity index (χ0n) is 27.9. The van der Waals surface area contributed by atoms with Gasteiger partial charge in [0.1, 0.15) is 34.6 Å². The first-order valence-electron chi connectivity index (χ1n) is 16.4. The van der Waals surface area contributed by atoms with Gasteiger partial charge in [0.15, 0.2) is 0 Å². The fraction of sp³-hybridized carbons (Fsp3) is 0.457. The topological polar surface area (TPSA) is 114 Å². The lowest BCUT2D eigenvalue weighted by Gasteiger charge is -2.24. The Balaban J connectivity index is 2.07. The Morgan fingerprint density at radius 3 is 1.96 bits per heavy atom. The van der Waals surface area contributed by atoms with Gasteiger partial charge in [-0.2, -0.15) is 4.31 Å². The van der Waals surface area contributed by atoms with E-state index >= 15 is 0 Å². The van der Waals surface area contributed by atoms with Crippen molar-refractivity contribution in [3.05, 3.63) is 60.0 Å². The van der Waals surface area contributed by atoms with Crippen LogP contribution in [-0.4, -0.2) is 65.0 Å². The van der Waals surface area contributed by atoms with Crippen LogP contribution in [-0.2, 0) is 20.1 Å². The molecule has 0 saturated carbocycles. The Morgan fingerprint density at radius 1 is 0.761 bits per heavy atom. The molecule has 2 aromatic carbocycles. The number of anilines is 1. The van der Waals surface area contributed by atoms with Crippen LogP contribution >= 0.6 is 0 Å². The lowest BCUT2D eigenvalue weighted by Crippen LogP contribution is -2.33. The lowest BCUT2D eigenvalue weighted by molar-refractivity contribution is 0.395. The van der Waals surface area contributed by atoms with Gasteiger partial charge < -0.3 is 13.9 Å². The number of nitrogens with zero attached hydrogens (tertiary/aromatic N) is 3. The van der Waals surface area contributed by atoms with Crippen LogP contribution in [0, 0.1) is 0 Å². The lowest BCUT2D eigenvalue weighted by atomic mass is 9.93. The summed E-state index contributed by atoms with van der Waals surface area (Å²) < 4.78 is 76.5. The molecule has 11 heteroatoms. The van der Waals surface area contributed by atoms with Gasteiger partial charge in [0.05, 0.1) is 15.9 Å². The molecule has 250 valence electrons. The predicted octanol–water partition coefficient (Wildman–Crippen LogP) is 6.36. The number of hydrogen-bond acceptors (Lipinski definition) is 7. The van der Waals surface area contributed by atoms with E-state index < -0.39 is 25.0 Å². The summed E-state index contributed by atoms with van der Waals surface area (Å²) in [7, 11) is -9.15. The second-order valence-electron chi connectivity index (χ2n) is 11.4. The molecule has 0 bridgehead atoms.